The summed E-state index contributed by atoms with van der Waals surface area (Å²) in [5, 5.41) is 15.2. The van der Waals surface area contributed by atoms with Gasteiger partial charge in [-0.1, -0.05) is 6.92 Å². The van der Waals surface area contributed by atoms with Crippen molar-refractivity contribution in [1.29, 1.82) is 0 Å². The van der Waals surface area contributed by atoms with E-state index in [1.807, 2.05) is 18.5 Å². The molecule has 2 atom stereocenters. The molecule has 142 valence electrons. The molecule has 0 aliphatic carbocycles. The van der Waals surface area contributed by atoms with E-state index in [-0.39, 0.29) is 6.04 Å². The first-order valence-electron chi connectivity index (χ1n) is 9.17. The largest absolute Gasteiger partial charge is 0.383 e. The molecule has 1 aromatic rings. The van der Waals surface area contributed by atoms with Gasteiger partial charge in [0.15, 0.2) is 11.8 Å². The Labute approximate surface area is 151 Å². The monoisotopic (exact) mass is 351 g/mol. The number of hydrogen-bond donors (Lipinski definition) is 2. The van der Waals surface area contributed by atoms with E-state index in [1.165, 1.54) is 19.4 Å². The second kappa shape index (κ2) is 9.72. The Morgan fingerprint density at radius 3 is 2.88 bits per heavy atom. The quantitative estimate of drug-likeness (QED) is 0.530. The normalized spacial score (nSPS) is 20.0. The van der Waals surface area contributed by atoms with Crippen molar-refractivity contribution in [2.24, 2.45) is 12.0 Å². The molecule has 2 N–H and O–H groups in total. The van der Waals surface area contributed by atoms with Gasteiger partial charge in [-0.05, 0) is 39.8 Å². The topological polar surface area (TPSA) is 79.6 Å². The molecule has 0 radical (unpaired) electrons. The lowest BCUT2D eigenvalue weighted by atomic mass is 10.2. The summed E-state index contributed by atoms with van der Waals surface area (Å²) in [5.74, 6) is 2.55. The van der Waals surface area contributed by atoms with E-state index in [9.17, 15) is 0 Å². The molecular formula is C17H33N7O. The van der Waals surface area contributed by atoms with E-state index in [1.54, 1.807) is 7.11 Å². The van der Waals surface area contributed by atoms with Crippen LogP contribution in [0.4, 0.5) is 0 Å². The number of aryl methyl sites for hydroxylation is 1. The van der Waals surface area contributed by atoms with Gasteiger partial charge in [0.1, 0.15) is 12.4 Å². The van der Waals surface area contributed by atoms with E-state index in [4.69, 9.17) is 9.73 Å². The molecule has 8 nitrogen and oxygen atoms in total. The number of nitrogens with one attached hydrogen (secondary N) is 2. The van der Waals surface area contributed by atoms with Crippen LogP contribution in [-0.4, -0.2) is 71.1 Å². The summed E-state index contributed by atoms with van der Waals surface area (Å²) in [7, 11) is 3.67. The van der Waals surface area contributed by atoms with Gasteiger partial charge in [-0.15, -0.1) is 10.2 Å². The standard InChI is InChI=1S/C17H33N7O/c1-6-24-9-7-8-15(24)10-18-17(20-13(2)12-25-5)19-11-16-22-21-14(3)23(16)4/h13,15H,6-12H2,1-5H3,(H2,18,19,20). The minimum atomic E-state index is 0.184. The number of guanidine groups is 1. The zero-order valence-corrected chi connectivity index (χ0v) is 16.2. The summed E-state index contributed by atoms with van der Waals surface area (Å²) in [4.78, 5) is 7.22. The third-order valence-corrected chi connectivity index (χ3v) is 4.77. The fraction of sp³-hybridized carbons (Fsp3) is 0.824. The number of aromatic nitrogens is 3. The van der Waals surface area contributed by atoms with Crippen LogP contribution in [0.25, 0.3) is 0 Å². The second-order valence-corrected chi connectivity index (χ2v) is 6.69. The van der Waals surface area contributed by atoms with E-state index < -0.39 is 0 Å². The van der Waals surface area contributed by atoms with Gasteiger partial charge < -0.3 is 19.9 Å². The molecule has 1 saturated heterocycles. The third-order valence-electron chi connectivity index (χ3n) is 4.77. The van der Waals surface area contributed by atoms with Gasteiger partial charge in [-0.2, -0.15) is 0 Å². The van der Waals surface area contributed by atoms with Crippen molar-refractivity contribution in [1.82, 2.24) is 30.3 Å². The van der Waals surface area contributed by atoms with Crippen LogP contribution < -0.4 is 10.6 Å². The lowest BCUT2D eigenvalue weighted by molar-refractivity contribution is 0.178. The molecule has 1 aliphatic rings. The Hall–Kier alpha value is -1.67. The Kier molecular flexibility index (Phi) is 7.64. The fourth-order valence-electron chi connectivity index (χ4n) is 3.17. The SMILES string of the molecule is CCN1CCCC1CNC(=NCc1nnc(C)n1C)NC(C)COC. The maximum Gasteiger partial charge on any atom is 0.192 e. The molecule has 0 bridgehead atoms. The number of rotatable bonds is 8. The Balaban J connectivity index is 1.98. The van der Waals surface area contributed by atoms with Crippen molar-refractivity contribution in [3.8, 4) is 0 Å². The van der Waals surface area contributed by atoms with Crippen LogP contribution in [0.2, 0.25) is 0 Å². The summed E-state index contributed by atoms with van der Waals surface area (Å²) < 4.78 is 7.19. The molecule has 0 saturated carbocycles. The number of hydrogen-bond acceptors (Lipinski definition) is 5. The predicted molar refractivity (Wildman–Crippen MR) is 99.6 cm³/mol. The van der Waals surface area contributed by atoms with Gasteiger partial charge in [-0.25, -0.2) is 4.99 Å². The summed E-state index contributed by atoms with van der Waals surface area (Å²) in [6.45, 7) is 10.6. The zero-order chi connectivity index (χ0) is 18.2. The van der Waals surface area contributed by atoms with Crippen molar-refractivity contribution >= 4 is 5.96 Å². The van der Waals surface area contributed by atoms with Gasteiger partial charge in [0, 0.05) is 32.8 Å². The molecule has 25 heavy (non-hydrogen) atoms. The number of nitrogens with zero attached hydrogens (tertiary/aromatic N) is 5. The molecular weight excluding hydrogens is 318 g/mol. The first-order valence-corrected chi connectivity index (χ1v) is 9.17. The number of ether oxygens (including phenoxy) is 1. The molecule has 1 aliphatic heterocycles. The van der Waals surface area contributed by atoms with Gasteiger partial charge in [0.05, 0.1) is 6.61 Å². The van der Waals surface area contributed by atoms with Crippen molar-refractivity contribution in [2.75, 3.05) is 33.4 Å². The van der Waals surface area contributed by atoms with E-state index in [0.717, 1.165) is 30.7 Å². The van der Waals surface area contributed by atoms with Crippen LogP contribution in [0.15, 0.2) is 4.99 Å². The highest BCUT2D eigenvalue weighted by Crippen LogP contribution is 2.15. The van der Waals surface area contributed by atoms with E-state index in [0.29, 0.717) is 19.2 Å². The maximum atomic E-state index is 5.22. The lowest BCUT2D eigenvalue weighted by Gasteiger charge is -2.25. The van der Waals surface area contributed by atoms with Crippen LogP contribution >= 0.6 is 0 Å². The van der Waals surface area contributed by atoms with Crippen molar-refractivity contribution in [3.05, 3.63) is 11.6 Å². The van der Waals surface area contributed by atoms with Crippen LogP contribution in [-0.2, 0) is 18.3 Å². The zero-order valence-electron chi connectivity index (χ0n) is 16.2. The Morgan fingerprint density at radius 2 is 2.24 bits per heavy atom. The average molecular weight is 351 g/mol. The molecule has 2 heterocycles. The highest BCUT2D eigenvalue weighted by atomic mass is 16.5. The van der Waals surface area contributed by atoms with Crippen LogP contribution in [0.3, 0.4) is 0 Å². The first-order chi connectivity index (χ1) is 12.0. The summed E-state index contributed by atoms with van der Waals surface area (Å²) in [5.41, 5.74) is 0. The molecule has 0 spiro atoms. The molecule has 1 fully saturated rings. The minimum absolute atomic E-state index is 0.184. The van der Waals surface area contributed by atoms with Crippen molar-refractivity contribution < 1.29 is 4.74 Å². The molecule has 2 rings (SSSR count). The van der Waals surface area contributed by atoms with Crippen molar-refractivity contribution in [2.45, 2.75) is 52.2 Å². The van der Waals surface area contributed by atoms with Crippen LogP contribution in [0, 0.1) is 6.92 Å². The van der Waals surface area contributed by atoms with Gasteiger partial charge >= 0.3 is 0 Å². The highest BCUT2D eigenvalue weighted by molar-refractivity contribution is 5.80. The molecule has 2 unspecified atom stereocenters. The highest BCUT2D eigenvalue weighted by Gasteiger charge is 2.23. The third kappa shape index (κ3) is 5.67. The van der Waals surface area contributed by atoms with Gasteiger partial charge in [0.2, 0.25) is 0 Å². The number of likely N-dealkylation sites (N-methyl/N-ethyl adjacent to an activating group) is 1. The summed E-state index contributed by atoms with van der Waals surface area (Å²) >= 11 is 0. The van der Waals surface area contributed by atoms with Crippen LogP contribution in [0.1, 0.15) is 38.3 Å². The van der Waals surface area contributed by atoms with Crippen LogP contribution in [0.5, 0.6) is 0 Å². The number of methoxy groups -OCH3 is 1. The predicted octanol–water partition coefficient (Wildman–Crippen LogP) is 0.678. The average Bonchev–Trinajstić information content (AvgIpc) is 3.18. The Bertz CT molecular complexity index is 557. The number of likely N-dealkylation sites (tertiary alicyclic amines) is 1. The Morgan fingerprint density at radius 1 is 1.44 bits per heavy atom. The molecule has 8 heteroatoms. The molecule has 0 amide bonds. The fourth-order valence-corrected chi connectivity index (χ4v) is 3.17. The second-order valence-electron chi connectivity index (χ2n) is 6.69. The van der Waals surface area contributed by atoms with Gasteiger partial charge in [-0.3, -0.25) is 4.90 Å². The minimum Gasteiger partial charge on any atom is -0.383 e. The number of aliphatic imine (C=N–C) groups is 1. The van der Waals surface area contributed by atoms with Crippen molar-refractivity contribution in [3.63, 3.8) is 0 Å². The molecule has 1 aromatic heterocycles. The summed E-state index contributed by atoms with van der Waals surface area (Å²) in [6.07, 6.45) is 2.52. The maximum absolute atomic E-state index is 5.22. The molecule has 0 aromatic carbocycles. The lowest BCUT2D eigenvalue weighted by Crippen LogP contribution is -2.48. The van der Waals surface area contributed by atoms with E-state index >= 15 is 0 Å². The van der Waals surface area contributed by atoms with Gasteiger partial charge in [0.25, 0.3) is 0 Å². The summed E-state index contributed by atoms with van der Waals surface area (Å²) in [6, 6.07) is 0.759. The first kappa shape index (κ1) is 19.7. The smallest absolute Gasteiger partial charge is 0.192 e. The van der Waals surface area contributed by atoms with E-state index in [2.05, 4.69) is 39.6 Å².